The van der Waals surface area contributed by atoms with Crippen molar-refractivity contribution in [1.29, 1.82) is 0 Å². The van der Waals surface area contributed by atoms with Gasteiger partial charge in [0.2, 0.25) is 0 Å². The third-order valence-corrected chi connectivity index (χ3v) is 5.49. The second-order valence-corrected chi connectivity index (χ2v) is 7.31. The van der Waals surface area contributed by atoms with Gasteiger partial charge >= 0.3 is 0 Å². The summed E-state index contributed by atoms with van der Waals surface area (Å²) in [6, 6.07) is 0.463. The van der Waals surface area contributed by atoms with Gasteiger partial charge < -0.3 is 5.32 Å². The molecule has 0 fully saturated rings. The molecule has 3 heteroatoms. The van der Waals surface area contributed by atoms with Crippen LogP contribution in [0.25, 0.3) is 0 Å². The van der Waals surface area contributed by atoms with Crippen LogP contribution >= 0.6 is 11.8 Å². The van der Waals surface area contributed by atoms with Gasteiger partial charge in [-0.2, -0.15) is 0 Å². The molecule has 1 aliphatic rings. The van der Waals surface area contributed by atoms with Gasteiger partial charge in [0.05, 0.1) is 0 Å². The van der Waals surface area contributed by atoms with Crippen LogP contribution in [0.2, 0.25) is 0 Å². The lowest BCUT2D eigenvalue weighted by atomic mass is 9.84. The molecule has 0 radical (unpaired) electrons. The number of amidine groups is 1. The first-order chi connectivity index (χ1) is 7.83. The predicted octanol–water partition coefficient (Wildman–Crippen LogP) is 3.92. The summed E-state index contributed by atoms with van der Waals surface area (Å²) >= 11 is 1.90. The van der Waals surface area contributed by atoms with E-state index in [0.717, 1.165) is 11.7 Å². The Morgan fingerprint density at radius 2 is 1.94 bits per heavy atom. The van der Waals surface area contributed by atoms with Gasteiger partial charge in [0.15, 0.2) is 5.17 Å². The van der Waals surface area contributed by atoms with Crippen LogP contribution in [0.4, 0.5) is 0 Å². The molecular weight excluding hydrogens is 228 g/mol. The van der Waals surface area contributed by atoms with Crippen LogP contribution in [0.3, 0.4) is 0 Å². The Hall–Kier alpha value is -0.180. The van der Waals surface area contributed by atoms with E-state index in [1.807, 2.05) is 11.8 Å². The minimum absolute atomic E-state index is 0.285. The minimum atomic E-state index is 0.285. The van der Waals surface area contributed by atoms with E-state index in [0.29, 0.717) is 11.5 Å². The molecular formula is C14H28N2S. The van der Waals surface area contributed by atoms with Crippen molar-refractivity contribution in [2.45, 2.75) is 60.4 Å². The third-order valence-electron chi connectivity index (χ3n) is 4.21. The quantitative estimate of drug-likeness (QED) is 0.827. The molecule has 100 valence electrons. The number of rotatable bonds is 3. The molecule has 0 saturated carbocycles. The molecule has 0 aromatic carbocycles. The molecule has 1 rings (SSSR count). The van der Waals surface area contributed by atoms with E-state index in [2.05, 4.69) is 46.9 Å². The van der Waals surface area contributed by atoms with Gasteiger partial charge in [-0.15, -0.1) is 0 Å². The molecule has 17 heavy (non-hydrogen) atoms. The Labute approximate surface area is 111 Å². The average Bonchev–Trinajstić information content (AvgIpc) is 2.29. The standard InChI is InChI=1S/C14H28N2S/c1-7-14(8-2)9-15-12(17-10-14)16-11(3)13(4,5)6/h11H,7-10H2,1-6H3,(H,15,16). The highest BCUT2D eigenvalue weighted by molar-refractivity contribution is 8.13. The van der Waals surface area contributed by atoms with Crippen LogP contribution < -0.4 is 5.32 Å². The zero-order valence-electron chi connectivity index (χ0n) is 12.3. The van der Waals surface area contributed by atoms with Gasteiger partial charge in [0.1, 0.15) is 0 Å². The molecule has 1 N–H and O–H groups in total. The Morgan fingerprint density at radius 1 is 1.35 bits per heavy atom. The lowest BCUT2D eigenvalue weighted by Crippen LogP contribution is -2.43. The van der Waals surface area contributed by atoms with Crippen molar-refractivity contribution in [2.24, 2.45) is 15.8 Å². The molecule has 2 nitrogen and oxygen atoms in total. The van der Waals surface area contributed by atoms with E-state index in [1.54, 1.807) is 0 Å². The highest BCUT2D eigenvalue weighted by Gasteiger charge is 2.31. The van der Waals surface area contributed by atoms with E-state index >= 15 is 0 Å². The van der Waals surface area contributed by atoms with E-state index in [4.69, 9.17) is 4.99 Å². The highest BCUT2D eigenvalue weighted by atomic mass is 32.2. The van der Waals surface area contributed by atoms with Crippen LogP contribution in [0.5, 0.6) is 0 Å². The number of hydrogen-bond donors (Lipinski definition) is 1. The molecule has 1 atom stereocenters. The second kappa shape index (κ2) is 5.64. The van der Waals surface area contributed by atoms with Crippen LogP contribution in [0.15, 0.2) is 4.99 Å². The summed E-state index contributed by atoms with van der Waals surface area (Å²) in [6.07, 6.45) is 2.48. The second-order valence-electron chi connectivity index (χ2n) is 6.35. The van der Waals surface area contributed by atoms with Gasteiger partial charge in [-0.25, -0.2) is 0 Å². The first-order valence-corrected chi connectivity index (χ1v) is 7.75. The largest absolute Gasteiger partial charge is 0.362 e. The number of nitrogens with zero attached hydrogens (tertiary/aromatic N) is 1. The molecule has 0 aromatic heterocycles. The molecule has 0 amide bonds. The molecule has 0 saturated heterocycles. The smallest absolute Gasteiger partial charge is 0.156 e. The molecule has 1 unspecified atom stereocenters. The van der Waals surface area contributed by atoms with E-state index in [1.165, 1.54) is 18.6 Å². The van der Waals surface area contributed by atoms with E-state index in [9.17, 15) is 0 Å². The molecule has 1 aliphatic heterocycles. The van der Waals surface area contributed by atoms with Crippen LogP contribution in [0, 0.1) is 10.8 Å². The van der Waals surface area contributed by atoms with Crippen molar-refractivity contribution in [1.82, 2.24) is 5.32 Å². The fourth-order valence-electron chi connectivity index (χ4n) is 1.72. The van der Waals surface area contributed by atoms with Crippen molar-refractivity contribution in [3.8, 4) is 0 Å². The summed E-state index contributed by atoms with van der Waals surface area (Å²) < 4.78 is 0. The monoisotopic (exact) mass is 256 g/mol. The zero-order valence-corrected chi connectivity index (χ0v) is 13.1. The number of aliphatic imine (C=N–C) groups is 1. The topological polar surface area (TPSA) is 24.4 Å². The Kier molecular flexibility index (Phi) is 4.94. The van der Waals surface area contributed by atoms with Crippen LogP contribution in [-0.4, -0.2) is 23.5 Å². The Bertz CT molecular complexity index is 274. The third kappa shape index (κ3) is 3.90. The normalized spacial score (nSPS) is 21.9. The van der Waals surface area contributed by atoms with Gasteiger partial charge in [-0.05, 0) is 30.6 Å². The molecule has 0 aromatic rings. The van der Waals surface area contributed by atoms with E-state index < -0.39 is 0 Å². The van der Waals surface area contributed by atoms with Crippen molar-refractivity contribution >= 4 is 16.9 Å². The zero-order chi connectivity index (χ0) is 13.1. The lowest BCUT2D eigenvalue weighted by molar-refractivity contribution is 0.308. The molecule has 0 bridgehead atoms. The summed E-state index contributed by atoms with van der Waals surface area (Å²) in [5, 5.41) is 4.70. The van der Waals surface area contributed by atoms with Gasteiger partial charge in [-0.1, -0.05) is 46.4 Å². The van der Waals surface area contributed by atoms with Gasteiger partial charge in [0.25, 0.3) is 0 Å². The van der Waals surface area contributed by atoms with Gasteiger partial charge in [-0.3, -0.25) is 4.99 Å². The van der Waals surface area contributed by atoms with Crippen LogP contribution in [0.1, 0.15) is 54.4 Å². The summed E-state index contributed by atoms with van der Waals surface area (Å²) in [7, 11) is 0. The van der Waals surface area contributed by atoms with Crippen LogP contribution in [-0.2, 0) is 0 Å². The summed E-state index contributed by atoms with van der Waals surface area (Å²) in [5.41, 5.74) is 0.730. The number of hydrogen-bond acceptors (Lipinski definition) is 3. The average molecular weight is 256 g/mol. The fourth-order valence-corrected chi connectivity index (χ4v) is 3.08. The van der Waals surface area contributed by atoms with E-state index in [-0.39, 0.29) is 5.41 Å². The van der Waals surface area contributed by atoms with Crippen molar-refractivity contribution in [2.75, 3.05) is 12.3 Å². The van der Waals surface area contributed by atoms with Gasteiger partial charge in [0, 0.05) is 18.3 Å². The molecule has 0 aliphatic carbocycles. The summed E-state index contributed by atoms with van der Waals surface area (Å²) in [4.78, 5) is 4.75. The van der Waals surface area contributed by atoms with Crippen molar-refractivity contribution in [3.05, 3.63) is 0 Å². The Balaban J connectivity index is 2.58. The summed E-state index contributed by atoms with van der Waals surface area (Å²) in [6.45, 7) is 14.6. The maximum absolute atomic E-state index is 4.75. The number of nitrogens with one attached hydrogen (secondary N) is 1. The first-order valence-electron chi connectivity index (χ1n) is 6.77. The maximum Gasteiger partial charge on any atom is 0.156 e. The van der Waals surface area contributed by atoms with Crippen molar-refractivity contribution in [3.63, 3.8) is 0 Å². The minimum Gasteiger partial charge on any atom is -0.362 e. The lowest BCUT2D eigenvalue weighted by Gasteiger charge is -2.36. The molecule has 0 spiro atoms. The predicted molar refractivity (Wildman–Crippen MR) is 79.8 cm³/mol. The SMILES string of the molecule is CCC1(CC)CN=C(NC(C)C(C)(C)C)SC1. The fraction of sp³-hybridized carbons (Fsp3) is 0.929. The maximum atomic E-state index is 4.75. The summed E-state index contributed by atoms with van der Waals surface area (Å²) in [5.74, 6) is 1.21. The molecule has 1 heterocycles. The number of thioether (sulfide) groups is 1. The van der Waals surface area contributed by atoms with Crippen molar-refractivity contribution < 1.29 is 0 Å². The first kappa shape index (κ1) is 14.9. The highest BCUT2D eigenvalue weighted by Crippen LogP contribution is 2.35. The Morgan fingerprint density at radius 3 is 2.29 bits per heavy atom.